The molecule has 3 aliphatic heterocycles. The number of imidazole rings is 1. The minimum absolute atomic E-state index is 0.0564. The molecule has 2 N–H and O–H groups in total. The first-order valence-corrected chi connectivity index (χ1v) is 13.1. The number of benzene rings is 1. The van der Waals surface area contributed by atoms with E-state index in [1.165, 1.54) is 6.33 Å². The molecule has 1 fully saturated rings. The number of urea groups is 1. The summed E-state index contributed by atoms with van der Waals surface area (Å²) in [7, 11) is 1.65. The number of anilines is 2. The third kappa shape index (κ3) is 4.64. The largest absolute Gasteiger partial charge is 0.497 e. The SMILES string of the molecule is COc1ccc2c(c1)CCN(C1CCN(c3cc(C(=O)N4CCc5[nH]c(C)nc5C4)ncn3)CC1)C(=O)N2. The Morgan fingerprint density at radius 2 is 1.92 bits per heavy atom. The van der Waals surface area contributed by atoms with Crippen LogP contribution < -0.4 is 15.0 Å². The first kappa shape index (κ1) is 24.2. The number of aromatic nitrogens is 4. The van der Waals surface area contributed by atoms with Crippen LogP contribution in [0, 0.1) is 6.92 Å². The van der Waals surface area contributed by atoms with Gasteiger partial charge in [-0.05, 0) is 49.9 Å². The van der Waals surface area contributed by atoms with E-state index >= 15 is 0 Å². The van der Waals surface area contributed by atoms with E-state index in [-0.39, 0.29) is 18.0 Å². The van der Waals surface area contributed by atoms with E-state index in [0.717, 1.165) is 78.8 Å². The van der Waals surface area contributed by atoms with E-state index in [4.69, 9.17) is 4.74 Å². The molecule has 6 rings (SSSR count). The molecule has 3 aliphatic rings. The van der Waals surface area contributed by atoms with Gasteiger partial charge in [-0.3, -0.25) is 4.79 Å². The first-order valence-electron chi connectivity index (χ1n) is 13.1. The number of H-pyrrole nitrogens is 1. The molecule has 0 bridgehead atoms. The summed E-state index contributed by atoms with van der Waals surface area (Å²) in [4.78, 5) is 48.7. The summed E-state index contributed by atoms with van der Waals surface area (Å²) in [6.45, 7) is 5.21. The van der Waals surface area contributed by atoms with E-state index in [0.29, 0.717) is 25.3 Å². The molecule has 3 amide bonds. The fourth-order valence-electron chi connectivity index (χ4n) is 5.72. The molecule has 1 aromatic carbocycles. The summed E-state index contributed by atoms with van der Waals surface area (Å²) in [6, 6.07) is 7.65. The molecule has 38 heavy (non-hydrogen) atoms. The number of aryl methyl sites for hydroxylation is 1. The first-order chi connectivity index (χ1) is 18.5. The van der Waals surface area contributed by atoms with Crippen LogP contribution in [0.1, 0.15) is 46.1 Å². The monoisotopic (exact) mass is 516 g/mol. The van der Waals surface area contributed by atoms with Crippen molar-refractivity contribution in [2.45, 2.75) is 45.2 Å². The summed E-state index contributed by atoms with van der Waals surface area (Å²) >= 11 is 0. The third-order valence-electron chi connectivity index (χ3n) is 7.78. The van der Waals surface area contributed by atoms with Crippen molar-refractivity contribution in [3.63, 3.8) is 0 Å². The van der Waals surface area contributed by atoms with Crippen molar-refractivity contribution in [2.75, 3.05) is 43.5 Å². The number of fused-ring (bicyclic) bond motifs is 2. The molecule has 0 spiro atoms. The Kier molecular flexibility index (Phi) is 6.34. The molecule has 0 saturated carbocycles. The van der Waals surface area contributed by atoms with E-state index in [9.17, 15) is 9.59 Å². The second-order valence-electron chi connectivity index (χ2n) is 10.1. The Labute approximate surface area is 221 Å². The van der Waals surface area contributed by atoms with E-state index < -0.39 is 0 Å². The third-order valence-corrected chi connectivity index (χ3v) is 7.78. The number of carbonyl (C=O) groups excluding carboxylic acids is 2. The van der Waals surface area contributed by atoms with Gasteiger partial charge in [0.1, 0.15) is 29.4 Å². The van der Waals surface area contributed by atoms with Crippen LogP contribution in [0.5, 0.6) is 5.75 Å². The van der Waals surface area contributed by atoms with E-state index in [1.807, 2.05) is 30.0 Å². The van der Waals surface area contributed by atoms with Crippen molar-refractivity contribution in [1.29, 1.82) is 0 Å². The number of amides is 3. The zero-order valence-electron chi connectivity index (χ0n) is 21.7. The van der Waals surface area contributed by atoms with Gasteiger partial charge in [0.25, 0.3) is 5.91 Å². The minimum atomic E-state index is -0.104. The number of methoxy groups -OCH3 is 1. The van der Waals surface area contributed by atoms with Gasteiger partial charge < -0.3 is 29.7 Å². The van der Waals surface area contributed by atoms with Gasteiger partial charge in [0.15, 0.2) is 0 Å². The average Bonchev–Trinajstić information content (AvgIpc) is 3.24. The standard InChI is InChI=1S/C27H32N8O3/c1-17-30-22-8-11-34(15-24(22)31-17)26(36)23-14-25(29-16-28-23)33-9-6-19(7-10-33)35-12-5-18-13-20(38-2)3-4-21(18)32-27(35)37/h3-4,13-14,16,19H,5-12,15H2,1-2H3,(H,30,31)(H,32,37). The molecule has 3 aromatic rings. The lowest BCUT2D eigenvalue weighted by atomic mass is 10.0. The van der Waals surface area contributed by atoms with Gasteiger partial charge in [-0.2, -0.15) is 0 Å². The molecule has 0 radical (unpaired) electrons. The van der Waals surface area contributed by atoms with Crippen molar-refractivity contribution >= 4 is 23.4 Å². The van der Waals surface area contributed by atoms with Crippen LogP contribution in [0.3, 0.4) is 0 Å². The Morgan fingerprint density at radius 3 is 2.74 bits per heavy atom. The van der Waals surface area contributed by atoms with Gasteiger partial charge >= 0.3 is 6.03 Å². The van der Waals surface area contributed by atoms with E-state index in [2.05, 4.69) is 30.2 Å². The highest BCUT2D eigenvalue weighted by Gasteiger charge is 2.31. The maximum Gasteiger partial charge on any atom is 0.322 e. The van der Waals surface area contributed by atoms with Crippen molar-refractivity contribution in [1.82, 2.24) is 29.7 Å². The molecular weight excluding hydrogens is 484 g/mol. The number of hydrogen-bond donors (Lipinski definition) is 2. The molecule has 2 aromatic heterocycles. The topological polar surface area (TPSA) is 120 Å². The van der Waals surface area contributed by atoms with Gasteiger partial charge in [-0.1, -0.05) is 0 Å². The molecule has 0 unspecified atom stereocenters. The fraction of sp³-hybridized carbons (Fsp3) is 0.444. The van der Waals surface area contributed by atoms with Crippen molar-refractivity contribution in [3.05, 3.63) is 59.1 Å². The minimum Gasteiger partial charge on any atom is -0.497 e. The molecular formula is C27H32N8O3. The number of hydrogen-bond acceptors (Lipinski definition) is 7. The Morgan fingerprint density at radius 1 is 1.08 bits per heavy atom. The highest BCUT2D eigenvalue weighted by atomic mass is 16.5. The summed E-state index contributed by atoms with van der Waals surface area (Å²) in [6.07, 6.45) is 4.66. The van der Waals surface area contributed by atoms with Gasteiger partial charge in [0.2, 0.25) is 0 Å². The molecule has 5 heterocycles. The summed E-state index contributed by atoms with van der Waals surface area (Å²) in [5.74, 6) is 2.31. The molecule has 198 valence electrons. The highest BCUT2D eigenvalue weighted by Crippen LogP contribution is 2.29. The van der Waals surface area contributed by atoms with Crippen molar-refractivity contribution in [3.8, 4) is 5.75 Å². The Hall–Kier alpha value is -4.15. The van der Waals surface area contributed by atoms with Crippen LogP contribution in [0.15, 0.2) is 30.6 Å². The average molecular weight is 517 g/mol. The van der Waals surface area contributed by atoms with Crippen LogP contribution in [-0.4, -0.2) is 81.0 Å². The lowest BCUT2D eigenvalue weighted by Gasteiger charge is -2.38. The quantitative estimate of drug-likeness (QED) is 0.547. The van der Waals surface area contributed by atoms with Gasteiger partial charge in [-0.15, -0.1) is 0 Å². The fourth-order valence-corrected chi connectivity index (χ4v) is 5.72. The predicted octanol–water partition coefficient (Wildman–Crippen LogP) is 2.77. The lowest BCUT2D eigenvalue weighted by molar-refractivity contribution is 0.0725. The zero-order chi connectivity index (χ0) is 26.2. The maximum atomic E-state index is 13.2. The van der Waals surface area contributed by atoms with Crippen molar-refractivity contribution < 1.29 is 14.3 Å². The number of aromatic amines is 1. The smallest absolute Gasteiger partial charge is 0.322 e. The lowest BCUT2D eigenvalue weighted by Crippen LogP contribution is -2.49. The summed E-state index contributed by atoms with van der Waals surface area (Å²) in [5.41, 5.74) is 4.37. The number of nitrogens with one attached hydrogen (secondary N) is 2. The Balaban J connectivity index is 1.09. The molecule has 0 atom stereocenters. The number of piperidine rings is 1. The molecule has 11 nitrogen and oxygen atoms in total. The van der Waals surface area contributed by atoms with E-state index in [1.54, 1.807) is 18.1 Å². The summed E-state index contributed by atoms with van der Waals surface area (Å²) < 4.78 is 5.35. The van der Waals surface area contributed by atoms with Crippen LogP contribution in [0.25, 0.3) is 0 Å². The van der Waals surface area contributed by atoms with Gasteiger partial charge in [0, 0.05) is 56.1 Å². The highest BCUT2D eigenvalue weighted by molar-refractivity contribution is 5.93. The second kappa shape index (κ2) is 9.96. The number of nitrogens with zero attached hydrogens (tertiary/aromatic N) is 6. The number of rotatable bonds is 4. The van der Waals surface area contributed by atoms with Crippen LogP contribution >= 0.6 is 0 Å². The molecule has 11 heteroatoms. The van der Waals surface area contributed by atoms with Crippen LogP contribution in [-0.2, 0) is 19.4 Å². The number of ether oxygens (including phenoxy) is 1. The summed E-state index contributed by atoms with van der Waals surface area (Å²) in [5, 5.41) is 3.07. The second-order valence-corrected chi connectivity index (χ2v) is 10.1. The van der Waals surface area contributed by atoms with Gasteiger partial charge in [-0.25, -0.2) is 19.7 Å². The maximum absolute atomic E-state index is 13.2. The normalized spacial score (nSPS) is 17.9. The number of carbonyl (C=O) groups is 2. The Bertz CT molecular complexity index is 1360. The predicted molar refractivity (Wildman–Crippen MR) is 141 cm³/mol. The van der Waals surface area contributed by atoms with Crippen LogP contribution in [0.4, 0.5) is 16.3 Å². The zero-order valence-corrected chi connectivity index (χ0v) is 21.7. The molecule has 0 aliphatic carbocycles. The van der Waals surface area contributed by atoms with Crippen molar-refractivity contribution in [2.24, 2.45) is 0 Å². The molecule has 1 saturated heterocycles. The van der Waals surface area contributed by atoms with Gasteiger partial charge in [0.05, 0.1) is 19.3 Å². The van der Waals surface area contributed by atoms with Crippen LogP contribution in [0.2, 0.25) is 0 Å².